The molecule has 4 aromatic heterocycles. The number of hydrogen-bond donors (Lipinski definition) is 1. The molecule has 1 unspecified atom stereocenters. The first-order valence-corrected chi connectivity index (χ1v) is 27.7. The fourth-order valence-electron chi connectivity index (χ4n) is 12.4. The molecule has 0 fully saturated rings. The van der Waals surface area contributed by atoms with E-state index in [2.05, 4.69) is 301 Å². The fourth-order valence-corrected chi connectivity index (χ4v) is 12.4. The van der Waals surface area contributed by atoms with E-state index in [1.165, 1.54) is 43.6 Å². The molecule has 1 aliphatic heterocycles. The molecule has 1 N–H and O–H groups in total. The van der Waals surface area contributed by atoms with E-state index in [0.717, 1.165) is 95.3 Å². The minimum Gasteiger partial charge on any atom is -0.371 e. The Balaban J connectivity index is 0.759. The third-order valence-electron chi connectivity index (χ3n) is 16.3. The van der Waals surface area contributed by atoms with Gasteiger partial charge < -0.3 is 24.3 Å². The highest BCUT2D eigenvalue weighted by molar-refractivity contribution is 6.12. The van der Waals surface area contributed by atoms with Gasteiger partial charge in [0.2, 0.25) is 0 Å². The number of anilines is 7. The minimum absolute atomic E-state index is 0.236. The average molecular weight is 1050 g/mol. The number of para-hydroxylation sites is 6. The zero-order chi connectivity index (χ0) is 54.1. The van der Waals surface area contributed by atoms with E-state index in [9.17, 15) is 0 Å². The first-order valence-electron chi connectivity index (χ1n) is 27.7. The van der Waals surface area contributed by atoms with Crippen LogP contribution in [0.4, 0.5) is 45.5 Å². The summed E-state index contributed by atoms with van der Waals surface area (Å²) in [5.74, 6) is 0. The van der Waals surface area contributed by atoms with Crippen molar-refractivity contribution in [2.75, 3.05) is 15.1 Å². The van der Waals surface area contributed by atoms with E-state index in [4.69, 9.17) is 4.99 Å². The number of aliphatic imine (C=N–C) groups is 1. The van der Waals surface area contributed by atoms with Crippen molar-refractivity contribution in [3.05, 3.63) is 303 Å². The third-order valence-corrected chi connectivity index (χ3v) is 16.3. The molecule has 1 aliphatic rings. The molecule has 8 nitrogen and oxygen atoms in total. The molecule has 0 spiro atoms. The van der Waals surface area contributed by atoms with Gasteiger partial charge >= 0.3 is 0 Å². The van der Waals surface area contributed by atoms with Gasteiger partial charge in [-0.05, 0) is 167 Å². The van der Waals surface area contributed by atoms with Gasteiger partial charge in [-0.15, -0.1) is 0 Å². The number of benzene rings is 11. The van der Waals surface area contributed by atoms with Crippen molar-refractivity contribution in [3.8, 4) is 11.4 Å². The first-order chi connectivity index (χ1) is 40.6. The molecular formula is C74H50N8. The number of rotatable bonds is 10. The Hall–Kier alpha value is -11.1. The molecule has 0 radical (unpaired) electrons. The van der Waals surface area contributed by atoms with Crippen molar-refractivity contribution in [1.82, 2.24) is 19.1 Å². The number of pyridine rings is 2. The van der Waals surface area contributed by atoms with Crippen LogP contribution in [0.15, 0.2) is 297 Å². The Kier molecular flexibility index (Phi) is 11.1. The summed E-state index contributed by atoms with van der Waals surface area (Å²) in [6, 6.07) is 95.8. The summed E-state index contributed by atoms with van der Waals surface area (Å²) >= 11 is 0. The highest BCUT2D eigenvalue weighted by atomic mass is 15.2. The monoisotopic (exact) mass is 1050 g/mol. The molecule has 386 valence electrons. The Morgan fingerprint density at radius 1 is 0.341 bits per heavy atom. The number of nitrogens with zero attached hydrogens (tertiary/aromatic N) is 7. The van der Waals surface area contributed by atoms with Gasteiger partial charge in [0.1, 0.15) is 0 Å². The second kappa shape index (κ2) is 19.4. The van der Waals surface area contributed by atoms with Gasteiger partial charge in [-0.2, -0.15) is 0 Å². The molecule has 16 rings (SSSR count). The molecule has 0 bridgehead atoms. The fraction of sp³-hybridized carbons (Fsp3) is 0.0135. The van der Waals surface area contributed by atoms with Gasteiger partial charge in [0.25, 0.3) is 0 Å². The van der Waals surface area contributed by atoms with E-state index in [1.807, 2.05) is 24.8 Å². The highest BCUT2D eigenvalue weighted by Gasteiger charge is 2.27. The Labute approximate surface area is 473 Å². The van der Waals surface area contributed by atoms with Gasteiger partial charge in [-0.3, -0.25) is 9.97 Å². The zero-order valence-corrected chi connectivity index (χ0v) is 44.4. The van der Waals surface area contributed by atoms with Gasteiger partial charge in [0, 0.05) is 103 Å². The summed E-state index contributed by atoms with van der Waals surface area (Å²) in [5, 5.41) is 13.3. The third kappa shape index (κ3) is 7.95. The van der Waals surface area contributed by atoms with Gasteiger partial charge in [-0.25, -0.2) is 4.99 Å². The van der Waals surface area contributed by atoms with Gasteiger partial charge in [-0.1, -0.05) is 121 Å². The summed E-state index contributed by atoms with van der Waals surface area (Å²) in [6.45, 7) is 0. The SMILES string of the molecule is c1ccc2c(c1)N=C(c1ccc(N(c3ccc(-n4c5ccccc5c5ccccc54)cc3)c3ccc4cnccc4c3)cc1)C(c1ccc(N(c3ccc(-n4c5ccccc5c5ccccc54)cc3)c3ccc4cnccc4c3)cc1)N2. The average Bonchev–Trinajstić information content (AvgIpc) is 4.28. The largest absolute Gasteiger partial charge is 0.371 e. The van der Waals surface area contributed by atoms with Crippen molar-refractivity contribution < 1.29 is 0 Å². The summed E-state index contributed by atoms with van der Waals surface area (Å²) in [5.41, 5.74) is 18.2. The molecule has 5 heterocycles. The van der Waals surface area contributed by atoms with Crippen molar-refractivity contribution in [1.29, 1.82) is 0 Å². The topological polar surface area (TPSA) is 66.5 Å². The molecule has 8 heteroatoms. The van der Waals surface area contributed by atoms with E-state index in [0.29, 0.717) is 0 Å². The summed E-state index contributed by atoms with van der Waals surface area (Å²) in [7, 11) is 0. The molecule has 1 atom stereocenters. The number of aromatic nitrogens is 4. The van der Waals surface area contributed by atoms with Crippen molar-refractivity contribution in [2.24, 2.45) is 4.99 Å². The molecule has 82 heavy (non-hydrogen) atoms. The smallest absolute Gasteiger partial charge is 0.0947 e. The summed E-state index contributed by atoms with van der Waals surface area (Å²) < 4.78 is 4.73. The summed E-state index contributed by atoms with van der Waals surface area (Å²) in [6.07, 6.45) is 7.56. The number of hydrogen-bond acceptors (Lipinski definition) is 6. The molecular weight excluding hydrogens is 1000 g/mol. The second-order valence-electron chi connectivity index (χ2n) is 21.0. The lowest BCUT2D eigenvalue weighted by molar-refractivity contribution is 1.01. The van der Waals surface area contributed by atoms with Gasteiger partial charge in [0.15, 0.2) is 0 Å². The lowest BCUT2D eigenvalue weighted by Crippen LogP contribution is -2.25. The van der Waals surface area contributed by atoms with Crippen LogP contribution in [0.5, 0.6) is 0 Å². The maximum absolute atomic E-state index is 5.44. The van der Waals surface area contributed by atoms with Crippen LogP contribution in [-0.4, -0.2) is 24.8 Å². The first kappa shape index (κ1) is 47.0. The predicted molar refractivity (Wildman–Crippen MR) is 341 cm³/mol. The maximum Gasteiger partial charge on any atom is 0.0947 e. The highest BCUT2D eigenvalue weighted by Crippen LogP contribution is 2.43. The zero-order valence-electron chi connectivity index (χ0n) is 44.4. The van der Waals surface area contributed by atoms with Crippen LogP contribution in [0.1, 0.15) is 17.2 Å². The maximum atomic E-state index is 5.44. The van der Waals surface area contributed by atoms with Crippen molar-refractivity contribution >= 4 is 116 Å². The van der Waals surface area contributed by atoms with E-state index < -0.39 is 0 Å². The summed E-state index contributed by atoms with van der Waals surface area (Å²) in [4.78, 5) is 18.9. The molecule has 0 aliphatic carbocycles. The van der Waals surface area contributed by atoms with Crippen LogP contribution in [0.2, 0.25) is 0 Å². The predicted octanol–water partition coefficient (Wildman–Crippen LogP) is 19.2. The number of nitrogens with one attached hydrogen (secondary N) is 1. The van der Waals surface area contributed by atoms with E-state index in [-0.39, 0.29) is 6.04 Å². The standard InChI is InChI=1S/C74H50N8/c1-7-17-69-63(11-1)64-12-2-8-18-70(64)81(69)59-37-33-57(34-38-59)79(61-31-25-53-47-75-43-41-51(53)45-61)55-27-21-49(22-28-55)73-74(78-68-16-6-5-15-67(68)77-73)50-23-29-56(30-24-50)80(62-32-26-54-48-76-44-42-52(54)46-62)58-35-39-60(40-36-58)82-71-19-9-3-13-65(71)66-14-4-10-20-72(66)82/h1-48,73,77H. The van der Waals surface area contributed by atoms with Crippen LogP contribution in [-0.2, 0) is 0 Å². The lowest BCUT2D eigenvalue weighted by atomic mass is 9.93. The Morgan fingerprint density at radius 2 is 0.732 bits per heavy atom. The van der Waals surface area contributed by atoms with Crippen LogP contribution in [0.25, 0.3) is 76.5 Å². The normalized spacial score (nSPS) is 13.2. The molecule has 0 amide bonds. The van der Waals surface area contributed by atoms with Crippen LogP contribution in [0.3, 0.4) is 0 Å². The Bertz CT molecular complexity index is 4860. The minimum atomic E-state index is -0.236. The molecule has 0 saturated carbocycles. The molecule has 15 aromatic rings. The van der Waals surface area contributed by atoms with Crippen molar-refractivity contribution in [2.45, 2.75) is 6.04 Å². The van der Waals surface area contributed by atoms with E-state index >= 15 is 0 Å². The number of fused-ring (bicyclic) bond motifs is 9. The van der Waals surface area contributed by atoms with Crippen molar-refractivity contribution in [3.63, 3.8) is 0 Å². The molecule has 0 saturated heterocycles. The molecule has 11 aromatic carbocycles. The second-order valence-corrected chi connectivity index (χ2v) is 21.0. The Morgan fingerprint density at radius 3 is 1.20 bits per heavy atom. The van der Waals surface area contributed by atoms with E-state index in [1.54, 1.807) is 0 Å². The van der Waals surface area contributed by atoms with Gasteiger partial charge in [0.05, 0.1) is 45.2 Å². The quantitative estimate of drug-likeness (QED) is 0.148. The lowest BCUT2D eigenvalue weighted by Gasteiger charge is -2.30. The van der Waals surface area contributed by atoms with Crippen LogP contribution in [0, 0.1) is 0 Å². The van der Waals surface area contributed by atoms with Crippen LogP contribution >= 0.6 is 0 Å². The van der Waals surface area contributed by atoms with Crippen LogP contribution < -0.4 is 15.1 Å².